The van der Waals surface area contributed by atoms with Gasteiger partial charge in [-0.2, -0.15) is 0 Å². The maximum absolute atomic E-state index is 12.7. The van der Waals surface area contributed by atoms with Gasteiger partial charge in [-0.3, -0.25) is 4.79 Å². The van der Waals surface area contributed by atoms with Crippen LogP contribution in [0.4, 0.5) is 0 Å². The SMILES string of the molecule is CCOc1ccc(C(=O)c2ccc(CC(O)C(C)(c3ccccc3)S(N)(=O)=O)[nH]2)cc1. The van der Waals surface area contributed by atoms with E-state index in [1.54, 1.807) is 66.7 Å². The average Bonchev–Trinajstić information content (AvgIpc) is 3.21. The number of rotatable bonds is 9. The van der Waals surface area contributed by atoms with Crippen molar-refractivity contribution in [3.63, 3.8) is 0 Å². The topological polar surface area (TPSA) is 122 Å². The van der Waals surface area contributed by atoms with E-state index in [2.05, 4.69) is 4.98 Å². The minimum absolute atomic E-state index is 0.0294. The first-order valence-corrected chi connectivity index (χ1v) is 11.4. The largest absolute Gasteiger partial charge is 0.494 e. The van der Waals surface area contributed by atoms with Crippen LogP contribution in [0, 0.1) is 0 Å². The molecule has 2 unspecified atom stereocenters. The summed E-state index contributed by atoms with van der Waals surface area (Å²) in [5.74, 6) is 0.457. The number of ketones is 1. The zero-order valence-corrected chi connectivity index (χ0v) is 18.2. The van der Waals surface area contributed by atoms with Gasteiger partial charge in [0.1, 0.15) is 10.5 Å². The number of sulfonamides is 1. The van der Waals surface area contributed by atoms with E-state index in [0.29, 0.717) is 34.9 Å². The van der Waals surface area contributed by atoms with E-state index < -0.39 is 20.9 Å². The first kappa shape index (κ1) is 22.7. The van der Waals surface area contributed by atoms with Crippen LogP contribution in [0.15, 0.2) is 66.7 Å². The number of aromatic nitrogens is 1. The Kier molecular flexibility index (Phi) is 6.64. The molecule has 2 aromatic carbocycles. The van der Waals surface area contributed by atoms with Crippen molar-refractivity contribution in [1.29, 1.82) is 0 Å². The molecule has 3 aromatic rings. The predicted octanol–water partition coefficient (Wildman–Crippen LogP) is 2.75. The molecule has 7 nitrogen and oxygen atoms in total. The lowest BCUT2D eigenvalue weighted by Gasteiger charge is -2.32. The number of primary sulfonamides is 1. The van der Waals surface area contributed by atoms with Crippen LogP contribution in [-0.4, -0.2) is 37.0 Å². The fourth-order valence-corrected chi connectivity index (χ4v) is 4.36. The van der Waals surface area contributed by atoms with Crippen molar-refractivity contribution in [1.82, 2.24) is 4.98 Å². The summed E-state index contributed by atoms with van der Waals surface area (Å²) >= 11 is 0. The Labute approximate surface area is 181 Å². The van der Waals surface area contributed by atoms with E-state index in [-0.39, 0.29) is 12.2 Å². The third-order valence-corrected chi connectivity index (χ3v) is 7.10. The molecule has 8 heteroatoms. The van der Waals surface area contributed by atoms with E-state index in [4.69, 9.17) is 9.88 Å². The highest BCUT2D eigenvalue weighted by Crippen LogP contribution is 2.33. The predicted molar refractivity (Wildman–Crippen MR) is 118 cm³/mol. The molecule has 164 valence electrons. The summed E-state index contributed by atoms with van der Waals surface area (Å²) in [4.78, 5) is 15.7. The van der Waals surface area contributed by atoms with Gasteiger partial charge in [0, 0.05) is 17.7 Å². The Balaban J connectivity index is 1.81. The van der Waals surface area contributed by atoms with Gasteiger partial charge >= 0.3 is 0 Å². The van der Waals surface area contributed by atoms with Crippen molar-refractivity contribution < 1.29 is 23.1 Å². The summed E-state index contributed by atoms with van der Waals surface area (Å²) in [6.07, 6.45) is -1.37. The van der Waals surface area contributed by atoms with Gasteiger partial charge in [0.05, 0.1) is 18.4 Å². The van der Waals surface area contributed by atoms with Crippen LogP contribution in [0.1, 0.15) is 41.2 Å². The molecular weight excluding hydrogens is 416 g/mol. The normalized spacial score (nSPS) is 14.6. The van der Waals surface area contributed by atoms with Crippen LogP contribution in [0.5, 0.6) is 5.75 Å². The van der Waals surface area contributed by atoms with E-state index in [1.807, 2.05) is 6.92 Å². The van der Waals surface area contributed by atoms with Crippen LogP contribution >= 0.6 is 0 Å². The zero-order valence-electron chi connectivity index (χ0n) is 17.4. The average molecular weight is 443 g/mol. The van der Waals surface area contributed by atoms with Gasteiger partial charge in [-0.15, -0.1) is 0 Å². The van der Waals surface area contributed by atoms with Gasteiger partial charge in [-0.1, -0.05) is 30.3 Å². The molecule has 0 aliphatic heterocycles. The number of nitrogens with one attached hydrogen (secondary N) is 1. The number of nitrogens with two attached hydrogens (primary N) is 1. The first-order chi connectivity index (χ1) is 14.7. The van der Waals surface area contributed by atoms with E-state index in [0.717, 1.165) is 0 Å². The van der Waals surface area contributed by atoms with Crippen molar-refractivity contribution in [2.24, 2.45) is 5.14 Å². The number of aliphatic hydroxyl groups excluding tert-OH is 1. The summed E-state index contributed by atoms with van der Waals surface area (Å²) in [7, 11) is -4.14. The summed E-state index contributed by atoms with van der Waals surface area (Å²) in [5.41, 5.74) is 1.73. The van der Waals surface area contributed by atoms with Crippen molar-refractivity contribution >= 4 is 15.8 Å². The van der Waals surface area contributed by atoms with Crippen LogP contribution in [0.25, 0.3) is 0 Å². The molecule has 31 heavy (non-hydrogen) atoms. The molecule has 0 saturated heterocycles. The second kappa shape index (κ2) is 9.05. The third kappa shape index (κ3) is 4.71. The molecular formula is C23H26N2O5S. The fraction of sp³-hybridized carbons (Fsp3) is 0.261. The van der Waals surface area contributed by atoms with E-state index in [9.17, 15) is 18.3 Å². The lowest BCUT2D eigenvalue weighted by molar-refractivity contribution is 0.103. The molecule has 0 aliphatic rings. The number of hydrogen-bond acceptors (Lipinski definition) is 5. The van der Waals surface area contributed by atoms with E-state index in [1.165, 1.54) is 6.92 Å². The Morgan fingerprint density at radius 3 is 2.32 bits per heavy atom. The maximum atomic E-state index is 12.7. The Morgan fingerprint density at radius 2 is 1.74 bits per heavy atom. The highest BCUT2D eigenvalue weighted by molar-refractivity contribution is 7.90. The number of ether oxygens (including phenoxy) is 1. The highest BCUT2D eigenvalue weighted by Gasteiger charge is 2.45. The molecule has 0 aliphatic carbocycles. The van der Waals surface area contributed by atoms with Gasteiger partial charge in [0.25, 0.3) is 0 Å². The number of hydrogen-bond donors (Lipinski definition) is 3. The van der Waals surface area contributed by atoms with Gasteiger partial charge in [0.2, 0.25) is 15.8 Å². The Hall–Kier alpha value is -2.94. The Bertz CT molecular complexity index is 1140. The lowest BCUT2D eigenvalue weighted by Crippen LogP contribution is -2.48. The van der Waals surface area contributed by atoms with Gasteiger partial charge in [-0.25, -0.2) is 13.6 Å². The molecule has 0 saturated carbocycles. The molecule has 0 amide bonds. The number of carbonyl (C=O) groups excluding carboxylic acids is 1. The summed E-state index contributed by atoms with van der Waals surface area (Å²) in [5, 5.41) is 16.4. The van der Waals surface area contributed by atoms with Crippen molar-refractivity contribution in [3.05, 3.63) is 89.2 Å². The number of aliphatic hydroxyl groups is 1. The van der Waals surface area contributed by atoms with Crippen LogP contribution in [0.3, 0.4) is 0 Å². The van der Waals surface area contributed by atoms with Crippen molar-refractivity contribution in [2.45, 2.75) is 31.1 Å². The first-order valence-electron chi connectivity index (χ1n) is 9.88. The number of aromatic amines is 1. The molecule has 0 spiro atoms. The number of benzene rings is 2. The quantitative estimate of drug-likeness (QED) is 0.440. The minimum atomic E-state index is -4.14. The molecule has 0 radical (unpaired) electrons. The molecule has 3 rings (SSSR count). The number of carbonyl (C=O) groups is 1. The van der Waals surface area contributed by atoms with Crippen LogP contribution < -0.4 is 9.88 Å². The van der Waals surface area contributed by atoms with Gasteiger partial charge in [-0.05, 0) is 55.8 Å². The van der Waals surface area contributed by atoms with E-state index >= 15 is 0 Å². The molecule has 4 N–H and O–H groups in total. The smallest absolute Gasteiger partial charge is 0.221 e. The Morgan fingerprint density at radius 1 is 1.10 bits per heavy atom. The fourth-order valence-electron chi connectivity index (χ4n) is 3.43. The second-order valence-electron chi connectivity index (χ2n) is 7.42. The number of H-pyrrole nitrogens is 1. The van der Waals surface area contributed by atoms with Crippen LogP contribution in [0.2, 0.25) is 0 Å². The standard InChI is InChI=1S/C23H26N2O5S/c1-3-30-19-12-9-16(10-13-19)22(27)20-14-11-18(25-20)15-21(26)23(2,31(24,28)29)17-7-5-4-6-8-17/h4-14,21,25-26H,3,15H2,1-2H3,(H2,24,28,29). The molecule has 1 aromatic heterocycles. The monoisotopic (exact) mass is 442 g/mol. The van der Waals surface area contributed by atoms with Gasteiger partial charge in [0.15, 0.2) is 0 Å². The summed E-state index contributed by atoms with van der Waals surface area (Å²) in [6, 6.07) is 18.4. The molecule has 0 fully saturated rings. The lowest BCUT2D eigenvalue weighted by atomic mass is 9.91. The van der Waals surface area contributed by atoms with Crippen LogP contribution in [-0.2, 0) is 21.2 Å². The molecule has 0 bridgehead atoms. The zero-order chi connectivity index (χ0) is 22.6. The molecule has 2 atom stereocenters. The van der Waals surface area contributed by atoms with Crippen molar-refractivity contribution in [2.75, 3.05) is 6.61 Å². The van der Waals surface area contributed by atoms with Gasteiger partial charge < -0.3 is 14.8 Å². The minimum Gasteiger partial charge on any atom is -0.494 e. The summed E-state index contributed by atoms with van der Waals surface area (Å²) < 4.78 is 28.5. The maximum Gasteiger partial charge on any atom is 0.221 e. The van der Waals surface area contributed by atoms with Crippen molar-refractivity contribution in [3.8, 4) is 5.75 Å². The summed E-state index contributed by atoms with van der Waals surface area (Å²) in [6.45, 7) is 3.82. The third-order valence-electron chi connectivity index (χ3n) is 5.41. The highest BCUT2D eigenvalue weighted by atomic mass is 32.2. The molecule has 1 heterocycles. The second-order valence-corrected chi connectivity index (χ2v) is 9.36.